The third-order valence-corrected chi connectivity index (χ3v) is 13.4. The summed E-state index contributed by atoms with van der Waals surface area (Å²) in [5.41, 5.74) is 3.96. The van der Waals surface area contributed by atoms with Crippen LogP contribution in [-0.4, -0.2) is 85.0 Å². The summed E-state index contributed by atoms with van der Waals surface area (Å²) in [5, 5.41) is 0.578. The van der Waals surface area contributed by atoms with Crippen molar-refractivity contribution in [2.45, 2.75) is 96.3 Å². The van der Waals surface area contributed by atoms with Gasteiger partial charge < -0.3 is 24.0 Å². The Balaban J connectivity index is 1.31. The predicted octanol–water partition coefficient (Wildman–Crippen LogP) is 7.96. The van der Waals surface area contributed by atoms with E-state index in [1.54, 1.807) is 6.07 Å². The molecule has 2 saturated heterocycles. The van der Waals surface area contributed by atoms with E-state index in [2.05, 4.69) is 59.6 Å². The number of nitrogens with one attached hydrogen (secondary N) is 1. The van der Waals surface area contributed by atoms with Crippen LogP contribution in [0.2, 0.25) is 5.02 Å². The number of hydrogen-bond donors (Lipinski definition) is 1. The van der Waals surface area contributed by atoms with Crippen molar-refractivity contribution in [1.29, 1.82) is 0 Å². The third kappa shape index (κ3) is 8.75. The van der Waals surface area contributed by atoms with Crippen LogP contribution in [-0.2, 0) is 26.9 Å². The molecular formula is C42H60ClN3O5S. The molecule has 1 saturated carbocycles. The molecule has 52 heavy (non-hydrogen) atoms. The first-order valence-corrected chi connectivity index (χ1v) is 21.3. The number of carbonyl (C=O) groups excluding carboxylic acids is 1. The van der Waals surface area contributed by atoms with Crippen LogP contribution < -0.4 is 14.4 Å². The molecule has 0 aromatic heterocycles. The number of allylic oxidation sites excluding steroid dienone is 1. The molecule has 3 fully saturated rings. The molecule has 2 aromatic carbocycles. The van der Waals surface area contributed by atoms with E-state index in [9.17, 15) is 9.00 Å². The zero-order valence-electron chi connectivity index (χ0n) is 32.0. The number of halogens is 1. The van der Waals surface area contributed by atoms with E-state index in [1.165, 1.54) is 24.0 Å². The van der Waals surface area contributed by atoms with E-state index in [0.717, 1.165) is 94.5 Å². The van der Waals surface area contributed by atoms with E-state index in [-0.39, 0.29) is 22.7 Å². The lowest BCUT2D eigenvalue weighted by Crippen LogP contribution is -2.59. The highest BCUT2D eigenvalue weighted by molar-refractivity contribution is 7.84. The average molecular weight is 754 g/mol. The Hall–Kier alpha value is -2.43. The Morgan fingerprint density at radius 2 is 1.92 bits per heavy atom. The molecule has 2 aromatic rings. The molecule has 10 heteroatoms. The second kappa shape index (κ2) is 17.4. The van der Waals surface area contributed by atoms with Gasteiger partial charge in [0.25, 0.3) is 5.91 Å². The van der Waals surface area contributed by atoms with Crippen molar-refractivity contribution in [3.8, 4) is 5.75 Å². The molecular weight excluding hydrogens is 694 g/mol. The van der Waals surface area contributed by atoms with Gasteiger partial charge >= 0.3 is 0 Å². The molecule has 8 nitrogen and oxygen atoms in total. The van der Waals surface area contributed by atoms with Crippen molar-refractivity contribution >= 4 is 34.2 Å². The fourth-order valence-corrected chi connectivity index (χ4v) is 9.46. The standard InChI is InChI=1S/C42H60ClN3O5S/c1-6-9-17-42(51-8-3,27-45-20-18-41(19-21-45)28-49-29-41)37-15-11-33(37)24-46-25-34(36-14-13-35(43)22-31(36)10-7-2)26-50-39-16-12-32(23-38(39)46)40(47)44-52(48)30(4)5/h9,12-14,16-17,22-23,30,33-34,37H,6-8,10-11,15,18-21,24-29H2,1-5H3,(H,44,47)/b17-9+/t33?,34?,37?,42-,52?/m1/s1. The van der Waals surface area contributed by atoms with Crippen LogP contribution in [0.5, 0.6) is 5.75 Å². The van der Waals surface area contributed by atoms with E-state index in [0.29, 0.717) is 36.0 Å². The lowest BCUT2D eigenvalue weighted by molar-refractivity contribution is -0.152. The van der Waals surface area contributed by atoms with Crippen molar-refractivity contribution in [3.05, 3.63) is 70.3 Å². The highest BCUT2D eigenvalue weighted by atomic mass is 35.5. The predicted molar refractivity (Wildman–Crippen MR) is 212 cm³/mol. The minimum Gasteiger partial charge on any atom is -0.491 e. The van der Waals surface area contributed by atoms with Crippen LogP contribution in [0.4, 0.5) is 5.69 Å². The molecule has 5 atom stereocenters. The zero-order valence-corrected chi connectivity index (χ0v) is 33.5. The van der Waals surface area contributed by atoms with Gasteiger partial charge in [-0.3, -0.25) is 9.52 Å². The Labute approximate surface area is 319 Å². The van der Waals surface area contributed by atoms with Gasteiger partial charge in [0.2, 0.25) is 0 Å². The number of rotatable bonds is 15. The summed E-state index contributed by atoms with van der Waals surface area (Å²) in [7, 11) is -1.47. The van der Waals surface area contributed by atoms with Crippen molar-refractivity contribution < 1.29 is 23.2 Å². The summed E-state index contributed by atoms with van der Waals surface area (Å²) in [6.07, 6.45) is 12.3. The quantitative estimate of drug-likeness (QED) is 0.185. The molecule has 3 heterocycles. The van der Waals surface area contributed by atoms with Crippen LogP contribution in [0, 0.1) is 17.3 Å². The topological polar surface area (TPSA) is 80.3 Å². The van der Waals surface area contributed by atoms with E-state index < -0.39 is 11.0 Å². The SMILES string of the molecule is CC/C=C/[C@](CN1CCC2(CC1)COC2)(OCC)C1CCC1CN1CC(c2ccc(Cl)cc2CCC)COc2ccc(C(=O)NS(=O)C(C)C)cc21. The molecule has 1 amide bonds. The van der Waals surface area contributed by atoms with Crippen LogP contribution in [0.1, 0.15) is 101 Å². The number of hydrogen-bond acceptors (Lipinski definition) is 7. The molecule has 0 bridgehead atoms. The summed E-state index contributed by atoms with van der Waals surface area (Å²) < 4.78 is 34.4. The number of amides is 1. The van der Waals surface area contributed by atoms with E-state index in [4.69, 9.17) is 25.8 Å². The van der Waals surface area contributed by atoms with Gasteiger partial charge in [-0.2, -0.15) is 0 Å². The molecule has 3 aliphatic heterocycles. The highest BCUT2D eigenvalue weighted by Gasteiger charge is 2.50. The van der Waals surface area contributed by atoms with E-state index >= 15 is 0 Å². The number of aryl methyl sites for hydroxylation is 1. The monoisotopic (exact) mass is 753 g/mol. The maximum Gasteiger partial charge on any atom is 0.263 e. The molecule has 6 rings (SSSR count). The molecule has 4 aliphatic rings. The first kappa shape index (κ1) is 39.3. The smallest absolute Gasteiger partial charge is 0.263 e. The molecule has 0 radical (unpaired) electrons. The van der Waals surface area contributed by atoms with E-state index in [1.807, 2.05) is 32.0 Å². The normalized spacial score (nSPS) is 24.8. The first-order valence-electron chi connectivity index (χ1n) is 19.7. The van der Waals surface area contributed by atoms with Gasteiger partial charge in [-0.15, -0.1) is 0 Å². The van der Waals surface area contributed by atoms with Crippen molar-refractivity contribution in [2.75, 3.05) is 64.1 Å². The first-order chi connectivity index (χ1) is 25.1. The summed E-state index contributed by atoms with van der Waals surface area (Å²) in [4.78, 5) is 18.5. The van der Waals surface area contributed by atoms with Gasteiger partial charge in [0.05, 0.1) is 25.5 Å². The fourth-order valence-electron chi connectivity index (χ4n) is 8.73. The van der Waals surface area contributed by atoms with Gasteiger partial charge in [-0.05, 0) is 126 Å². The number of carbonyl (C=O) groups is 1. The third-order valence-electron chi connectivity index (χ3n) is 11.9. The van der Waals surface area contributed by atoms with Crippen LogP contribution in [0.15, 0.2) is 48.6 Å². The molecule has 4 unspecified atom stereocenters. The number of fused-ring (bicyclic) bond motifs is 1. The molecule has 1 aliphatic carbocycles. The summed E-state index contributed by atoms with van der Waals surface area (Å²) >= 11 is 6.51. The second-order valence-corrected chi connectivity index (χ2v) is 18.1. The lowest BCUT2D eigenvalue weighted by Gasteiger charge is -2.53. The van der Waals surface area contributed by atoms with Crippen molar-refractivity contribution in [3.63, 3.8) is 0 Å². The van der Waals surface area contributed by atoms with Crippen LogP contribution in [0.25, 0.3) is 0 Å². The maximum atomic E-state index is 13.4. The summed E-state index contributed by atoms with van der Waals surface area (Å²) in [6.45, 7) is 17.9. The highest BCUT2D eigenvalue weighted by Crippen LogP contribution is 2.48. The average Bonchev–Trinajstić information content (AvgIpc) is 3.28. The fraction of sp³-hybridized carbons (Fsp3) is 0.643. The summed E-state index contributed by atoms with van der Waals surface area (Å²) in [6, 6.07) is 11.9. The number of ether oxygens (including phenoxy) is 3. The van der Waals surface area contributed by atoms with Crippen molar-refractivity contribution in [1.82, 2.24) is 9.62 Å². The van der Waals surface area contributed by atoms with Gasteiger partial charge in [0.1, 0.15) is 22.3 Å². The number of likely N-dealkylation sites (tertiary alicyclic amines) is 1. The Bertz CT molecular complexity index is 1590. The molecule has 1 spiro atoms. The maximum absolute atomic E-state index is 13.4. The Morgan fingerprint density at radius 1 is 1.13 bits per heavy atom. The van der Waals surface area contributed by atoms with Gasteiger partial charge in [-0.1, -0.05) is 50.1 Å². The Kier molecular flexibility index (Phi) is 13.1. The summed E-state index contributed by atoms with van der Waals surface area (Å²) in [5.74, 6) is 1.30. The van der Waals surface area contributed by atoms with Gasteiger partial charge in [-0.25, -0.2) is 4.21 Å². The zero-order chi connectivity index (χ0) is 36.9. The lowest BCUT2D eigenvalue weighted by atomic mass is 9.63. The molecule has 1 N–H and O–H groups in total. The Morgan fingerprint density at radius 3 is 2.56 bits per heavy atom. The number of nitrogens with zero attached hydrogens (tertiary/aromatic N) is 2. The van der Waals surface area contributed by atoms with Crippen LogP contribution in [0.3, 0.4) is 0 Å². The second-order valence-electron chi connectivity index (χ2n) is 15.9. The largest absolute Gasteiger partial charge is 0.491 e. The number of piperidine rings is 1. The molecule has 286 valence electrons. The minimum absolute atomic E-state index is 0.114. The number of benzene rings is 2. The van der Waals surface area contributed by atoms with Gasteiger partial charge in [0, 0.05) is 53.4 Å². The van der Waals surface area contributed by atoms with Crippen molar-refractivity contribution in [2.24, 2.45) is 17.3 Å². The minimum atomic E-state index is -1.47. The van der Waals surface area contributed by atoms with Gasteiger partial charge in [0.15, 0.2) is 0 Å². The number of anilines is 1. The van der Waals surface area contributed by atoms with Crippen LogP contribution >= 0.6 is 11.6 Å².